The van der Waals surface area contributed by atoms with Crippen molar-refractivity contribution in [3.63, 3.8) is 0 Å². The average molecular weight is 311 g/mol. The van der Waals surface area contributed by atoms with Crippen LogP contribution in [0.1, 0.15) is 36.0 Å². The van der Waals surface area contributed by atoms with E-state index in [9.17, 15) is 4.79 Å². The molecule has 0 heterocycles. The molecule has 1 aliphatic rings. The normalized spacial score (nSPS) is 23.6. The highest BCUT2D eigenvalue weighted by atomic mass is 79.9. The molecule has 1 aromatic carbocycles. The molecule has 0 amide bonds. The molecule has 2 atom stereocenters. The Kier molecular flexibility index (Phi) is 5.24. The molecule has 0 saturated heterocycles. The lowest BCUT2D eigenvalue weighted by atomic mass is 9.81. The number of hydrogen-bond donors (Lipinski definition) is 0. The maximum Gasteiger partial charge on any atom is 0.338 e. The first-order valence-electron chi connectivity index (χ1n) is 6.59. The third-order valence-electron chi connectivity index (χ3n) is 3.70. The second-order valence-electron chi connectivity index (χ2n) is 4.92. The van der Waals surface area contributed by atoms with E-state index < -0.39 is 0 Å². The molecule has 18 heavy (non-hydrogen) atoms. The van der Waals surface area contributed by atoms with E-state index in [1.807, 2.05) is 18.2 Å². The number of alkyl halides is 1. The summed E-state index contributed by atoms with van der Waals surface area (Å²) in [5, 5.41) is 1.01. The zero-order chi connectivity index (χ0) is 12.8. The molecule has 98 valence electrons. The predicted molar refractivity (Wildman–Crippen MR) is 76.0 cm³/mol. The molecule has 1 aromatic rings. The second kappa shape index (κ2) is 6.93. The molecule has 1 aliphatic carbocycles. The third-order valence-corrected chi connectivity index (χ3v) is 4.53. The van der Waals surface area contributed by atoms with Gasteiger partial charge in [-0.25, -0.2) is 4.79 Å². The Bertz CT molecular complexity index is 377. The predicted octanol–water partition coefficient (Wildman–Crippen LogP) is 4.04. The molecule has 1 saturated carbocycles. The van der Waals surface area contributed by atoms with Gasteiger partial charge in [0.1, 0.15) is 0 Å². The minimum atomic E-state index is -0.200. The fraction of sp³-hybridized carbons (Fsp3) is 0.533. The number of ether oxygens (including phenoxy) is 1. The lowest BCUT2D eigenvalue weighted by molar-refractivity contribution is 0.0359. The van der Waals surface area contributed by atoms with E-state index in [4.69, 9.17) is 4.74 Å². The van der Waals surface area contributed by atoms with Gasteiger partial charge in [-0.3, -0.25) is 0 Å². The quantitative estimate of drug-likeness (QED) is 0.619. The number of hydrogen-bond acceptors (Lipinski definition) is 2. The first-order chi connectivity index (χ1) is 8.81. The molecule has 3 heteroatoms. The summed E-state index contributed by atoms with van der Waals surface area (Å²) in [5.41, 5.74) is 0.642. The minimum absolute atomic E-state index is 0.200. The Hall–Kier alpha value is -0.830. The van der Waals surface area contributed by atoms with Crippen molar-refractivity contribution in [1.82, 2.24) is 0 Å². The number of carbonyl (C=O) groups excluding carboxylic acids is 1. The zero-order valence-electron chi connectivity index (χ0n) is 10.5. The fourth-order valence-electron chi connectivity index (χ4n) is 2.55. The first kappa shape index (κ1) is 13.6. The molecular formula is C15H19BrO2. The van der Waals surface area contributed by atoms with Crippen LogP contribution in [0, 0.1) is 11.8 Å². The van der Waals surface area contributed by atoms with Crippen molar-refractivity contribution in [2.75, 3.05) is 11.9 Å². The molecule has 0 bridgehead atoms. The van der Waals surface area contributed by atoms with Crippen LogP contribution in [0.25, 0.3) is 0 Å². The first-order valence-corrected chi connectivity index (χ1v) is 7.71. The highest BCUT2D eigenvalue weighted by Crippen LogP contribution is 2.31. The summed E-state index contributed by atoms with van der Waals surface area (Å²) >= 11 is 3.56. The zero-order valence-corrected chi connectivity index (χ0v) is 12.1. The number of benzene rings is 1. The van der Waals surface area contributed by atoms with Crippen LogP contribution in [0.3, 0.4) is 0 Å². The van der Waals surface area contributed by atoms with Crippen molar-refractivity contribution in [3.8, 4) is 0 Å². The van der Waals surface area contributed by atoms with E-state index in [0.29, 0.717) is 24.0 Å². The largest absolute Gasteiger partial charge is 0.462 e. The topological polar surface area (TPSA) is 26.3 Å². The molecule has 2 rings (SSSR count). The molecule has 2 unspecified atom stereocenters. The van der Waals surface area contributed by atoms with E-state index in [1.165, 1.54) is 25.7 Å². The van der Waals surface area contributed by atoms with E-state index >= 15 is 0 Å². The molecule has 0 N–H and O–H groups in total. The monoisotopic (exact) mass is 310 g/mol. The van der Waals surface area contributed by atoms with Gasteiger partial charge in [-0.2, -0.15) is 0 Å². The fourth-order valence-corrected chi connectivity index (χ4v) is 3.40. The van der Waals surface area contributed by atoms with Crippen LogP contribution in [0.4, 0.5) is 0 Å². The maximum atomic E-state index is 11.8. The van der Waals surface area contributed by atoms with Crippen LogP contribution < -0.4 is 0 Å². The Morgan fingerprint density at radius 2 is 1.83 bits per heavy atom. The number of esters is 1. The van der Waals surface area contributed by atoms with Gasteiger partial charge in [0.05, 0.1) is 12.2 Å². The van der Waals surface area contributed by atoms with E-state index in [-0.39, 0.29) is 5.97 Å². The van der Waals surface area contributed by atoms with Crippen molar-refractivity contribution >= 4 is 21.9 Å². The Morgan fingerprint density at radius 3 is 2.50 bits per heavy atom. The van der Waals surface area contributed by atoms with Crippen molar-refractivity contribution in [3.05, 3.63) is 35.9 Å². The van der Waals surface area contributed by atoms with Crippen molar-refractivity contribution < 1.29 is 9.53 Å². The summed E-state index contributed by atoms with van der Waals surface area (Å²) in [6.07, 6.45) is 4.99. The average Bonchev–Trinajstić information content (AvgIpc) is 2.46. The van der Waals surface area contributed by atoms with Gasteiger partial charge in [0.2, 0.25) is 0 Å². The molecular weight excluding hydrogens is 292 g/mol. The Balaban J connectivity index is 1.85. The Labute approximate surface area is 117 Å². The number of halogens is 1. The summed E-state index contributed by atoms with van der Waals surface area (Å²) in [6.45, 7) is 0.560. The van der Waals surface area contributed by atoms with Gasteiger partial charge < -0.3 is 4.74 Å². The second-order valence-corrected chi connectivity index (χ2v) is 5.57. The van der Waals surface area contributed by atoms with Gasteiger partial charge in [0, 0.05) is 5.33 Å². The maximum absolute atomic E-state index is 11.8. The van der Waals surface area contributed by atoms with Crippen LogP contribution in [-0.4, -0.2) is 17.9 Å². The van der Waals surface area contributed by atoms with Crippen LogP contribution in [0.15, 0.2) is 30.3 Å². The molecule has 1 fully saturated rings. The van der Waals surface area contributed by atoms with Gasteiger partial charge >= 0.3 is 5.97 Å². The summed E-state index contributed by atoms with van der Waals surface area (Å²) in [6, 6.07) is 9.21. The molecule has 2 nitrogen and oxygen atoms in total. The summed E-state index contributed by atoms with van der Waals surface area (Å²) in [4.78, 5) is 11.8. The minimum Gasteiger partial charge on any atom is -0.462 e. The standard InChI is InChI=1S/C15H19BrO2/c16-10-13-8-4-5-9-14(13)11-18-15(17)12-6-2-1-3-7-12/h1-3,6-7,13-14H,4-5,8-11H2. The number of carbonyl (C=O) groups is 1. The van der Waals surface area contributed by atoms with Crippen molar-refractivity contribution in [2.24, 2.45) is 11.8 Å². The third kappa shape index (κ3) is 3.58. The highest BCUT2D eigenvalue weighted by molar-refractivity contribution is 9.09. The van der Waals surface area contributed by atoms with Crippen LogP contribution in [-0.2, 0) is 4.74 Å². The van der Waals surface area contributed by atoms with Crippen LogP contribution in [0.2, 0.25) is 0 Å². The SMILES string of the molecule is O=C(OCC1CCCCC1CBr)c1ccccc1. The summed E-state index contributed by atoms with van der Waals surface area (Å²) in [7, 11) is 0. The van der Waals surface area contributed by atoms with Gasteiger partial charge in [0.15, 0.2) is 0 Å². The van der Waals surface area contributed by atoms with Gasteiger partial charge in [-0.05, 0) is 36.8 Å². The van der Waals surface area contributed by atoms with E-state index in [2.05, 4.69) is 15.9 Å². The van der Waals surface area contributed by atoms with Crippen molar-refractivity contribution in [1.29, 1.82) is 0 Å². The van der Waals surface area contributed by atoms with Gasteiger partial charge in [0.25, 0.3) is 0 Å². The van der Waals surface area contributed by atoms with E-state index in [0.717, 1.165) is 5.33 Å². The summed E-state index contributed by atoms with van der Waals surface area (Å²) in [5.74, 6) is 0.975. The lowest BCUT2D eigenvalue weighted by Crippen LogP contribution is -2.26. The molecule has 0 radical (unpaired) electrons. The molecule has 0 spiro atoms. The smallest absolute Gasteiger partial charge is 0.338 e. The lowest BCUT2D eigenvalue weighted by Gasteiger charge is -2.29. The molecule has 0 aromatic heterocycles. The van der Waals surface area contributed by atoms with Crippen LogP contribution >= 0.6 is 15.9 Å². The van der Waals surface area contributed by atoms with Gasteiger partial charge in [-0.15, -0.1) is 0 Å². The van der Waals surface area contributed by atoms with Gasteiger partial charge in [-0.1, -0.05) is 47.0 Å². The highest BCUT2D eigenvalue weighted by Gasteiger charge is 2.25. The van der Waals surface area contributed by atoms with Crippen molar-refractivity contribution in [2.45, 2.75) is 25.7 Å². The van der Waals surface area contributed by atoms with Crippen LogP contribution in [0.5, 0.6) is 0 Å². The Morgan fingerprint density at radius 1 is 1.17 bits per heavy atom. The van der Waals surface area contributed by atoms with E-state index in [1.54, 1.807) is 12.1 Å². The summed E-state index contributed by atoms with van der Waals surface area (Å²) < 4.78 is 5.44. The number of rotatable bonds is 4. The molecule has 0 aliphatic heterocycles.